The Kier molecular flexibility index (Phi) is 7.54. The standard InChI is InChI=1S/C19H34N2O2/c1-3-18(22)16-8-4-15(5-9-16)13-21-19(23)17-10-6-14(7-11-17)12-20-2/h14-17,20H,3-13H2,1-2H3,(H,21,23). The molecule has 0 saturated heterocycles. The summed E-state index contributed by atoms with van der Waals surface area (Å²) in [6, 6.07) is 0. The van der Waals surface area contributed by atoms with E-state index in [2.05, 4.69) is 10.6 Å². The molecule has 0 bridgehead atoms. The Morgan fingerprint density at radius 2 is 1.35 bits per heavy atom. The number of nitrogens with one attached hydrogen (secondary N) is 2. The van der Waals surface area contributed by atoms with Gasteiger partial charge in [-0.05, 0) is 76.8 Å². The van der Waals surface area contributed by atoms with E-state index < -0.39 is 0 Å². The van der Waals surface area contributed by atoms with E-state index in [1.165, 1.54) is 12.8 Å². The quantitative estimate of drug-likeness (QED) is 0.758. The number of ketones is 1. The third-order valence-electron chi connectivity index (χ3n) is 5.93. The van der Waals surface area contributed by atoms with Gasteiger partial charge >= 0.3 is 0 Å². The number of hydrogen-bond acceptors (Lipinski definition) is 3. The smallest absolute Gasteiger partial charge is 0.223 e. The summed E-state index contributed by atoms with van der Waals surface area (Å²) in [6.07, 6.45) is 9.29. The predicted octanol–water partition coefficient (Wildman–Crippen LogP) is 2.91. The van der Waals surface area contributed by atoms with Crippen molar-refractivity contribution in [3.8, 4) is 0 Å². The largest absolute Gasteiger partial charge is 0.356 e. The van der Waals surface area contributed by atoms with Gasteiger partial charge in [-0.3, -0.25) is 9.59 Å². The SMILES string of the molecule is CCC(=O)C1CCC(CNC(=O)C2CCC(CNC)CC2)CC1. The molecule has 0 aromatic carbocycles. The molecule has 23 heavy (non-hydrogen) atoms. The van der Waals surface area contributed by atoms with Gasteiger partial charge in [0.2, 0.25) is 5.91 Å². The van der Waals surface area contributed by atoms with Gasteiger partial charge in [-0.15, -0.1) is 0 Å². The van der Waals surface area contributed by atoms with E-state index in [0.717, 1.165) is 57.5 Å². The lowest BCUT2D eigenvalue weighted by Crippen LogP contribution is -2.38. The van der Waals surface area contributed by atoms with Crippen LogP contribution in [0.5, 0.6) is 0 Å². The topological polar surface area (TPSA) is 58.2 Å². The van der Waals surface area contributed by atoms with Crippen molar-refractivity contribution in [3.05, 3.63) is 0 Å². The van der Waals surface area contributed by atoms with E-state index in [4.69, 9.17) is 0 Å². The molecule has 0 atom stereocenters. The first kappa shape index (κ1) is 18.4. The van der Waals surface area contributed by atoms with Crippen molar-refractivity contribution < 1.29 is 9.59 Å². The predicted molar refractivity (Wildman–Crippen MR) is 93.1 cm³/mol. The maximum absolute atomic E-state index is 12.3. The normalized spacial score (nSPS) is 31.6. The first-order valence-electron chi connectivity index (χ1n) is 9.59. The molecule has 1 amide bonds. The molecule has 2 rings (SSSR count). The molecule has 0 radical (unpaired) electrons. The Hall–Kier alpha value is -0.900. The highest BCUT2D eigenvalue weighted by Crippen LogP contribution is 2.31. The fourth-order valence-corrected chi connectivity index (χ4v) is 4.28. The zero-order valence-corrected chi connectivity index (χ0v) is 14.9. The third-order valence-corrected chi connectivity index (χ3v) is 5.93. The number of carbonyl (C=O) groups is 2. The number of carbonyl (C=O) groups excluding carboxylic acids is 2. The molecule has 0 aliphatic heterocycles. The van der Waals surface area contributed by atoms with Crippen molar-refractivity contribution in [2.45, 2.75) is 64.7 Å². The molecular formula is C19H34N2O2. The molecule has 0 heterocycles. The molecule has 4 heteroatoms. The molecule has 2 aliphatic rings. The van der Waals surface area contributed by atoms with Crippen LogP contribution in [0.1, 0.15) is 64.7 Å². The summed E-state index contributed by atoms with van der Waals surface area (Å²) in [5.74, 6) is 2.51. The second kappa shape index (κ2) is 9.41. The van der Waals surface area contributed by atoms with Gasteiger partial charge in [-0.1, -0.05) is 6.92 Å². The van der Waals surface area contributed by atoms with Crippen molar-refractivity contribution in [3.63, 3.8) is 0 Å². The summed E-state index contributed by atoms with van der Waals surface area (Å²) in [4.78, 5) is 24.1. The summed E-state index contributed by atoms with van der Waals surface area (Å²) < 4.78 is 0. The van der Waals surface area contributed by atoms with Crippen molar-refractivity contribution in [2.24, 2.45) is 23.7 Å². The zero-order valence-electron chi connectivity index (χ0n) is 14.9. The molecule has 0 unspecified atom stereocenters. The highest BCUT2D eigenvalue weighted by atomic mass is 16.2. The van der Waals surface area contributed by atoms with Crippen LogP contribution in [0.3, 0.4) is 0 Å². The van der Waals surface area contributed by atoms with Crippen LogP contribution in [0.25, 0.3) is 0 Å². The van der Waals surface area contributed by atoms with Gasteiger partial charge in [0.05, 0.1) is 0 Å². The second-order valence-corrected chi connectivity index (χ2v) is 7.56. The minimum Gasteiger partial charge on any atom is -0.356 e. The second-order valence-electron chi connectivity index (χ2n) is 7.56. The van der Waals surface area contributed by atoms with Gasteiger partial charge in [0, 0.05) is 24.8 Å². The van der Waals surface area contributed by atoms with Crippen LogP contribution in [0, 0.1) is 23.7 Å². The first-order chi connectivity index (χ1) is 11.1. The van der Waals surface area contributed by atoms with Crippen molar-refractivity contribution >= 4 is 11.7 Å². The Bertz CT molecular complexity index is 381. The third kappa shape index (κ3) is 5.59. The molecule has 0 spiro atoms. The summed E-state index contributed by atoms with van der Waals surface area (Å²) >= 11 is 0. The van der Waals surface area contributed by atoms with Crippen molar-refractivity contribution in [1.29, 1.82) is 0 Å². The molecule has 2 saturated carbocycles. The number of hydrogen-bond donors (Lipinski definition) is 2. The number of amides is 1. The van der Waals surface area contributed by atoms with Gasteiger partial charge in [-0.25, -0.2) is 0 Å². The minimum absolute atomic E-state index is 0.223. The zero-order chi connectivity index (χ0) is 16.7. The maximum atomic E-state index is 12.3. The van der Waals surface area contributed by atoms with E-state index in [9.17, 15) is 9.59 Å². The highest BCUT2D eigenvalue weighted by molar-refractivity contribution is 5.80. The number of rotatable bonds is 7. The Labute approximate surface area is 141 Å². The van der Waals surface area contributed by atoms with Gasteiger partial charge in [-0.2, -0.15) is 0 Å². The minimum atomic E-state index is 0.223. The van der Waals surface area contributed by atoms with Crippen LogP contribution in [0.2, 0.25) is 0 Å². The summed E-state index contributed by atoms with van der Waals surface area (Å²) in [6.45, 7) is 3.84. The molecule has 0 aromatic heterocycles. The molecule has 4 nitrogen and oxygen atoms in total. The van der Waals surface area contributed by atoms with Gasteiger partial charge in [0.25, 0.3) is 0 Å². The lowest BCUT2D eigenvalue weighted by molar-refractivity contribution is -0.127. The van der Waals surface area contributed by atoms with Crippen LogP contribution < -0.4 is 10.6 Å². The fourth-order valence-electron chi connectivity index (χ4n) is 4.28. The summed E-state index contributed by atoms with van der Waals surface area (Å²) in [7, 11) is 2.00. The van der Waals surface area contributed by atoms with Gasteiger partial charge in [0.15, 0.2) is 0 Å². The van der Waals surface area contributed by atoms with Gasteiger partial charge in [0.1, 0.15) is 5.78 Å². The van der Waals surface area contributed by atoms with E-state index in [1.54, 1.807) is 0 Å². The van der Waals surface area contributed by atoms with Crippen LogP contribution in [-0.2, 0) is 9.59 Å². The summed E-state index contributed by atoms with van der Waals surface area (Å²) in [5, 5.41) is 6.43. The van der Waals surface area contributed by atoms with Crippen LogP contribution in [0.15, 0.2) is 0 Å². The van der Waals surface area contributed by atoms with Crippen LogP contribution >= 0.6 is 0 Å². The lowest BCUT2D eigenvalue weighted by Gasteiger charge is -2.30. The Balaban J connectivity index is 1.63. The molecule has 132 valence electrons. The average Bonchev–Trinajstić information content (AvgIpc) is 2.60. The van der Waals surface area contributed by atoms with Crippen molar-refractivity contribution in [1.82, 2.24) is 10.6 Å². The monoisotopic (exact) mass is 322 g/mol. The van der Waals surface area contributed by atoms with E-state index >= 15 is 0 Å². The summed E-state index contributed by atoms with van der Waals surface area (Å²) in [5.41, 5.74) is 0. The van der Waals surface area contributed by atoms with E-state index in [0.29, 0.717) is 18.1 Å². The van der Waals surface area contributed by atoms with Crippen molar-refractivity contribution in [2.75, 3.05) is 20.1 Å². The van der Waals surface area contributed by atoms with Crippen LogP contribution in [-0.4, -0.2) is 31.8 Å². The van der Waals surface area contributed by atoms with Crippen LogP contribution in [0.4, 0.5) is 0 Å². The molecule has 2 fully saturated rings. The molecular weight excluding hydrogens is 288 g/mol. The maximum Gasteiger partial charge on any atom is 0.223 e. The fraction of sp³-hybridized carbons (Fsp3) is 0.895. The molecule has 2 N–H and O–H groups in total. The highest BCUT2D eigenvalue weighted by Gasteiger charge is 2.28. The van der Waals surface area contributed by atoms with Gasteiger partial charge < -0.3 is 10.6 Å². The molecule has 2 aliphatic carbocycles. The van der Waals surface area contributed by atoms with E-state index in [1.807, 2.05) is 14.0 Å². The Morgan fingerprint density at radius 1 is 0.826 bits per heavy atom. The first-order valence-corrected chi connectivity index (χ1v) is 9.59. The molecule has 0 aromatic rings. The number of Topliss-reactive ketones (excluding diaryl/α,β-unsaturated/α-hetero) is 1. The lowest BCUT2D eigenvalue weighted by atomic mass is 9.79. The Morgan fingerprint density at radius 3 is 1.87 bits per heavy atom. The average molecular weight is 322 g/mol. The van der Waals surface area contributed by atoms with E-state index in [-0.39, 0.29) is 17.7 Å².